The summed E-state index contributed by atoms with van der Waals surface area (Å²) in [6.45, 7) is 8.92. The first-order valence-corrected chi connectivity index (χ1v) is 9.41. The van der Waals surface area contributed by atoms with E-state index in [1.54, 1.807) is 0 Å². The molecule has 118 valence electrons. The lowest BCUT2D eigenvalue weighted by Gasteiger charge is -2.17. The lowest BCUT2D eigenvalue weighted by molar-refractivity contribution is 0.559. The summed E-state index contributed by atoms with van der Waals surface area (Å²) < 4.78 is 0. The highest BCUT2D eigenvalue weighted by Crippen LogP contribution is 2.36. The summed E-state index contributed by atoms with van der Waals surface area (Å²) in [6, 6.07) is 8.65. The average Bonchev–Trinajstić information content (AvgIpc) is 2.48. The Hall–Kier alpha value is -0.400. The fourth-order valence-electron chi connectivity index (χ4n) is 2.33. The quantitative estimate of drug-likeness (QED) is 0.341. The summed E-state index contributed by atoms with van der Waals surface area (Å²) in [7, 11) is 0. The van der Waals surface area contributed by atoms with Gasteiger partial charge in [0, 0.05) is 10.3 Å². The number of allylic oxidation sites excluding steroid dienone is 2. The predicted octanol–water partition coefficient (Wildman–Crippen LogP) is 7.20. The Bertz CT molecular complexity index is 439. The first-order chi connectivity index (χ1) is 10.1. The van der Waals surface area contributed by atoms with E-state index < -0.39 is 0 Å². The van der Waals surface area contributed by atoms with Crippen molar-refractivity contribution in [2.24, 2.45) is 5.92 Å². The second-order valence-electron chi connectivity index (χ2n) is 5.72. The third-order valence-corrected chi connectivity index (χ3v) is 5.82. The monoisotopic (exact) mass is 324 g/mol. The largest absolute Gasteiger partial charge is 0.123 e. The molecular formula is C19H29ClS. The van der Waals surface area contributed by atoms with Gasteiger partial charge >= 0.3 is 0 Å². The molecule has 1 aromatic carbocycles. The van der Waals surface area contributed by atoms with Crippen LogP contribution in [0.3, 0.4) is 0 Å². The Morgan fingerprint density at radius 2 is 1.95 bits per heavy atom. The minimum Gasteiger partial charge on any atom is -0.123 e. The highest BCUT2D eigenvalue weighted by molar-refractivity contribution is 8.03. The van der Waals surface area contributed by atoms with E-state index in [9.17, 15) is 0 Å². The Labute approximate surface area is 140 Å². The first-order valence-electron chi connectivity index (χ1n) is 8.16. The van der Waals surface area contributed by atoms with Crippen LogP contribution in [0.5, 0.6) is 0 Å². The molecule has 0 nitrogen and oxygen atoms in total. The molecule has 0 amide bonds. The van der Waals surface area contributed by atoms with Gasteiger partial charge in [0.2, 0.25) is 0 Å². The zero-order valence-electron chi connectivity index (χ0n) is 13.9. The van der Waals surface area contributed by atoms with Gasteiger partial charge in [-0.05, 0) is 55.1 Å². The van der Waals surface area contributed by atoms with Crippen molar-refractivity contribution in [2.75, 3.05) is 0 Å². The van der Waals surface area contributed by atoms with E-state index in [-0.39, 0.29) is 0 Å². The molecule has 0 aliphatic heterocycles. The van der Waals surface area contributed by atoms with E-state index in [2.05, 4.69) is 58.0 Å². The summed E-state index contributed by atoms with van der Waals surface area (Å²) >= 11 is 8.16. The minimum absolute atomic E-state index is 0.347. The molecule has 0 bridgehead atoms. The van der Waals surface area contributed by atoms with Crippen molar-refractivity contribution in [1.82, 2.24) is 0 Å². The van der Waals surface area contributed by atoms with Gasteiger partial charge in [0.05, 0.1) is 0 Å². The van der Waals surface area contributed by atoms with E-state index in [0.717, 1.165) is 19.3 Å². The summed E-state index contributed by atoms with van der Waals surface area (Å²) in [5, 5.41) is 0.347. The maximum atomic E-state index is 6.22. The highest BCUT2D eigenvalue weighted by Gasteiger charge is 2.12. The number of benzene rings is 1. The van der Waals surface area contributed by atoms with Crippen LogP contribution < -0.4 is 0 Å². The smallest absolute Gasteiger partial charge is 0.0333 e. The maximum absolute atomic E-state index is 6.22. The zero-order valence-corrected chi connectivity index (χ0v) is 15.4. The molecule has 0 heterocycles. The van der Waals surface area contributed by atoms with Gasteiger partial charge in [-0.25, -0.2) is 0 Å². The maximum Gasteiger partial charge on any atom is 0.0333 e. The molecule has 0 aliphatic carbocycles. The van der Waals surface area contributed by atoms with E-state index >= 15 is 0 Å². The van der Waals surface area contributed by atoms with Crippen molar-refractivity contribution < 1.29 is 0 Å². The third-order valence-electron chi connectivity index (χ3n) is 3.81. The number of halogens is 1. The molecule has 0 N–H and O–H groups in total. The van der Waals surface area contributed by atoms with E-state index in [4.69, 9.17) is 11.6 Å². The Morgan fingerprint density at radius 1 is 1.24 bits per heavy atom. The van der Waals surface area contributed by atoms with Gasteiger partial charge < -0.3 is 0 Å². The summed E-state index contributed by atoms with van der Waals surface area (Å²) in [4.78, 5) is 2.89. The van der Waals surface area contributed by atoms with Crippen molar-refractivity contribution in [2.45, 2.75) is 70.1 Å². The van der Waals surface area contributed by atoms with Gasteiger partial charge in [-0.2, -0.15) is 0 Å². The highest BCUT2D eigenvalue weighted by atomic mass is 35.5. The van der Waals surface area contributed by atoms with E-state index in [0.29, 0.717) is 11.3 Å². The molecular weight excluding hydrogens is 296 g/mol. The van der Waals surface area contributed by atoms with Crippen molar-refractivity contribution in [1.29, 1.82) is 0 Å². The topological polar surface area (TPSA) is 0 Å². The Kier molecular flexibility index (Phi) is 9.19. The molecule has 2 heteroatoms. The van der Waals surface area contributed by atoms with Gasteiger partial charge in [-0.1, -0.05) is 63.2 Å². The van der Waals surface area contributed by atoms with Crippen LogP contribution in [0.1, 0.15) is 58.4 Å². The average molecular weight is 325 g/mol. The second kappa shape index (κ2) is 10.3. The molecule has 0 aromatic heterocycles. The molecule has 2 unspecified atom stereocenters. The number of hydrogen-bond donors (Lipinski definition) is 0. The first kappa shape index (κ1) is 18.6. The number of aryl methyl sites for hydroxylation is 1. The van der Waals surface area contributed by atoms with Crippen molar-refractivity contribution in [3.8, 4) is 0 Å². The van der Waals surface area contributed by atoms with Crippen LogP contribution in [0, 0.1) is 12.8 Å². The summed E-state index contributed by atoms with van der Waals surface area (Å²) in [5.74, 6) is 0.621. The van der Waals surface area contributed by atoms with Gasteiger partial charge in [-0.3, -0.25) is 0 Å². The van der Waals surface area contributed by atoms with E-state index in [1.165, 1.54) is 28.2 Å². The van der Waals surface area contributed by atoms with Gasteiger partial charge in [-0.15, -0.1) is 11.6 Å². The molecule has 2 atom stereocenters. The van der Waals surface area contributed by atoms with Gasteiger partial charge in [0.25, 0.3) is 0 Å². The van der Waals surface area contributed by atoms with Crippen LogP contribution in [0.2, 0.25) is 0 Å². The molecule has 0 saturated heterocycles. The predicted molar refractivity (Wildman–Crippen MR) is 98.4 cm³/mol. The molecule has 21 heavy (non-hydrogen) atoms. The van der Waals surface area contributed by atoms with Crippen molar-refractivity contribution in [3.63, 3.8) is 0 Å². The molecule has 0 radical (unpaired) electrons. The van der Waals surface area contributed by atoms with Gasteiger partial charge in [0.1, 0.15) is 0 Å². The Morgan fingerprint density at radius 3 is 2.57 bits per heavy atom. The molecule has 0 saturated carbocycles. The summed E-state index contributed by atoms with van der Waals surface area (Å²) in [6.07, 6.45) is 8.15. The number of rotatable bonds is 9. The molecule has 0 aliphatic rings. The molecule has 1 rings (SSSR count). The molecule has 0 fully saturated rings. The molecule has 0 spiro atoms. The SMILES string of the molecule is CC/C=C(/Sc1ccccc1C)C(C)CCCC(Cl)CC. The van der Waals surface area contributed by atoms with Crippen LogP contribution in [0.25, 0.3) is 0 Å². The lowest BCUT2D eigenvalue weighted by atomic mass is 10.0. The normalized spacial score (nSPS) is 15.0. The lowest BCUT2D eigenvalue weighted by Crippen LogP contribution is -2.01. The van der Waals surface area contributed by atoms with Crippen LogP contribution >= 0.6 is 23.4 Å². The summed E-state index contributed by atoms with van der Waals surface area (Å²) in [5.41, 5.74) is 1.36. The van der Waals surface area contributed by atoms with Crippen molar-refractivity contribution >= 4 is 23.4 Å². The van der Waals surface area contributed by atoms with E-state index in [1.807, 2.05) is 11.8 Å². The fraction of sp³-hybridized carbons (Fsp3) is 0.579. The van der Waals surface area contributed by atoms with Gasteiger partial charge in [0.15, 0.2) is 0 Å². The third kappa shape index (κ3) is 6.93. The Balaban J connectivity index is 2.61. The van der Waals surface area contributed by atoms with Crippen LogP contribution in [0.15, 0.2) is 40.1 Å². The van der Waals surface area contributed by atoms with Crippen LogP contribution in [-0.4, -0.2) is 5.38 Å². The molecule has 1 aromatic rings. The zero-order chi connectivity index (χ0) is 15.7. The minimum atomic E-state index is 0.347. The standard InChI is InChI=1S/C19H29ClS/c1-5-10-18(16(4)12-9-13-17(20)6-2)21-19-14-8-7-11-15(19)3/h7-8,10-11,14,16-17H,5-6,9,12-13H2,1-4H3/b18-10+. The second-order valence-corrected chi connectivity index (χ2v) is 7.45. The van der Waals surface area contributed by atoms with Crippen molar-refractivity contribution in [3.05, 3.63) is 40.8 Å². The number of thioether (sulfide) groups is 1. The number of alkyl halides is 1. The van der Waals surface area contributed by atoms with Crippen LogP contribution in [0.4, 0.5) is 0 Å². The fourth-order valence-corrected chi connectivity index (χ4v) is 3.69. The van der Waals surface area contributed by atoms with Crippen LogP contribution in [-0.2, 0) is 0 Å². The number of hydrogen-bond acceptors (Lipinski definition) is 1.